The van der Waals surface area contributed by atoms with Gasteiger partial charge in [0.2, 0.25) is 0 Å². The van der Waals surface area contributed by atoms with E-state index in [0.29, 0.717) is 17.5 Å². The molecule has 2 fully saturated rings. The fourth-order valence-corrected chi connectivity index (χ4v) is 6.22. The van der Waals surface area contributed by atoms with Crippen molar-refractivity contribution in [2.24, 2.45) is 0 Å². The number of nitrogens with zero attached hydrogens (tertiary/aromatic N) is 3. The van der Waals surface area contributed by atoms with Gasteiger partial charge in [0.25, 0.3) is 0 Å². The smallest absolute Gasteiger partial charge is 0.335 e. The third-order valence-corrected chi connectivity index (χ3v) is 8.42. The minimum absolute atomic E-state index is 0.136. The van der Waals surface area contributed by atoms with Crippen molar-refractivity contribution in [3.8, 4) is 11.3 Å². The second kappa shape index (κ2) is 9.50. The topological polar surface area (TPSA) is 88.7 Å². The van der Waals surface area contributed by atoms with Crippen LogP contribution in [0, 0.1) is 6.92 Å². The van der Waals surface area contributed by atoms with Gasteiger partial charge in [0.15, 0.2) is 5.13 Å². The summed E-state index contributed by atoms with van der Waals surface area (Å²) in [5.41, 5.74) is 4.93. The number of hydrogen-bond donors (Lipinski definition) is 1. The monoisotopic (exact) mass is 523 g/mol. The van der Waals surface area contributed by atoms with Crippen molar-refractivity contribution < 1.29 is 19.2 Å². The maximum atomic E-state index is 11.3. The Balaban J connectivity index is 1.14. The highest BCUT2D eigenvalue weighted by Gasteiger charge is 2.34. The number of benzene rings is 2. The number of aryl methyl sites for hydroxylation is 1. The molecule has 3 heterocycles. The molecule has 0 atom stereocenters. The fraction of sp³-hybridized carbons (Fsp3) is 0.370. The van der Waals surface area contributed by atoms with Crippen LogP contribution in [0.15, 0.2) is 40.9 Å². The van der Waals surface area contributed by atoms with E-state index >= 15 is 0 Å². The number of halogens is 1. The molecule has 36 heavy (non-hydrogen) atoms. The second-order valence-corrected chi connectivity index (χ2v) is 11.0. The van der Waals surface area contributed by atoms with Gasteiger partial charge >= 0.3 is 5.97 Å². The summed E-state index contributed by atoms with van der Waals surface area (Å²) in [6.45, 7) is 4.18. The van der Waals surface area contributed by atoms with Gasteiger partial charge in [-0.1, -0.05) is 40.2 Å². The average molecular weight is 524 g/mol. The Bertz CT molecular complexity index is 1420. The van der Waals surface area contributed by atoms with Gasteiger partial charge in [0.05, 0.1) is 33.5 Å². The van der Waals surface area contributed by atoms with E-state index in [1.807, 2.05) is 25.1 Å². The maximum absolute atomic E-state index is 11.3. The van der Waals surface area contributed by atoms with E-state index in [-0.39, 0.29) is 11.7 Å². The van der Waals surface area contributed by atoms with Crippen molar-refractivity contribution in [2.75, 3.05) is 18.0 Å². The minimum Gasteiger partial charge on any atom is -0.478 e. The molecule has 1 aliphatic carbocycles. The number of aromatic carboxylic acids is 1. The highest BCUT2D eigenvalue weighted by molar-refractivity contribution is 7.22. The molecule has 186 valence electrons. The first-order valence-electron chi connectivity index (χ1n) is 12.2. The van der Waals surface area contributed by atoms with E-state index in [4.69, 9.17) is 25.8 Å². The Morgan fingerprint density at radius 3 is 2.75 bits per heavy atom. The predicted octanol–water partition coefficient (Wildman–Crippen LogP) is 6.67. The maximum Gasteiger partial charge on any atom is 0.335 e. The van der Waals surface area contributed by atoms with Gasteiger partial charge in [-0.25, -0.2) is 9.78 Å². The third-order valence-electron chi connectivity index (χ3n) is 7.03. The van der Waals surface area contributed by atoms with E-state index in [2.05, 4.69) is 10.1 Å². The van der Waals surface area contributed by atoms with Crippen LogP contribution in [-0.4, -0.2) is 40.4 Å². The molecule has 1 N–H and O–H groups in total. The van der Waals surface area contributed by atoms with Crippen LogP contribution < -0.4 is 4.90 Å². The molecule has 6 rings (SSSR count). The molecular weight excluding hydrogens is 498 g/mol. The lowest BCUT2D eigenvalue weighted by molar-refractivity contribution is 0.0246. The molecule has 0 radical (unpaired) electrons. The zero-order valence-electron chi connectivity index (χ0n) is 19.9. The van der Waals surface area contributed by atoms with Gasteiger partial charge in [-0.15, -0.1) is 0 Å². The van der Waals surface area contributed by atoms with Crippen molar-refractivity contribution in [1.29, 1.82) is 0 Å². The second-order valence-electron chi connectivity index (χ2n) is 9.56. The lowest BCUT2D eigenvalue weighted by Crippen LogP contribution is -2.36. The first-order chi connectivity index (χ1) is 17.5. The standard InChI is InChI=1S/C27H26ClN3O4S/c1-15-3-2-4-20(28)23(15)24-19(25(35-30-24)16-5-6-16)14-34-18-9-11-31(12-10-18)27-29-21-8-7-17(26(32)33)13-22(21)36-27/h2-4,7-8,13,16,18H,5-6,9-12,14H2,1H3,(H,32,33). The van der Waals surface area contributed by atoms with Crippen molar-refractivity contribution in [3.63, 3.8) is 0 Å². The number of ether oxygens (including phenoxy) is 1. The Hall–Kier alpha value is -2.94. The Kier molecular flexibility index (Phi) is 6.19. The largest absolute Gasteiger partial charge is 0.478 e. The number of hydrogen-bond acceptors (Lipinski definition) is 7. The first-order valence-corrected chi connectivity index (χ1v) is 13.4. The number of anilines is 1. The van der Waals surface area contributed by atoms with Gasteiger partial charge in [-0.3, -0.25) is 0 Å². The van der Waals surface area contributed by atoms with Crippen molar-refractivity contribution in [2.45, 2.75) is 51.2 Å². The van der Waals surface area contributed by atoms with Crippen LogP contribution in [0.5, 0.6) is 0 Å². The summed E-state index contributed by atoms with van der Waals surface area (Å²) in [5, 5.41) is 15.3. The number of piperidine rings is 1. The normalized spacial score (nSPS) is 16.7. The molecule has 0 bridgehead atoms. The SMILES string of the molecule is Cc1cccc(Cl)c1-c1noc(C2CC2)c1COC1CCN(c2nc3ccc(C(=O)O)cc3s2)CC1. The van der Waals surface area contributed by atoms with Crippen LogP contribution in [0.1, 0.15) is 58.8 Å². The molecule has 2 aromatic carbocycles. The molecule has 1 saturated carbocycles. The molecule has 0 spiro atoms. The van der Waals surface area contributed by atoms with E-state index in [1.54, 1.807) is 18.2 Å². The lowest BCUT2D eigenvalue weighted by Gasteiger charge is -2.31. The van der Waals surface area contributed by atoms with E-state index in [0.717, 1.165) is 82.3 Å². The van der Waals surface area contributed by atoms with Crippen LogP contribution in [0.25, 0.3) is 21.5 Å². The fourth-order valence-electron chi connectivity index (χ4n) is 4.85. The molecule has 1 aliphatic heterocycles. The van der Waals surface area contributed by atoms with Gasteiger partial charge < -0.3 is 19.3 Å². The van der Waals surface area contributed by atoms with Crippen molar-refractivity contribution >= 4 is 44.3 Å². The number of aromatic nitrogens is 2. The summed E-state index contributed by atoms with van der Waals surface area (Å²) in [7, 11) is 0. The summed E-state index contributed by atoms with van der Waals surface area (Å²) in [6, 6.07) is 11.0. The van der Waals surface area contributed by atoms with Gasteiger partial charge in [-0.2, -0.15) is 0 Å². The molecule has 4 aromatic rings. The molecule has 2 aromatic heterocycles. The number of carboxylic acids is 1. The number of fused-ring (bicyclic) bond motifs is 1. The van der Waals surface area contributed by atoms with E-state index in [1.165, 1.54) is 11.3 Å². The molecule has 1 saturated heterocycles. The zero-order chi connectivity index (χ0) is 24.8. The number of rotatable bonds is 7. The molecule has 0 amide bonds. The Morgan fingerprint density at radius 1 is 1.22 bits per heavy atom. The van der Waals surface area contributed by atoms with Gasteiger partial charge in [0, 0.05) is 30.1 Å². The zero-order valence-corrected chi connectivity index (χ0v) is 21.4. The summed E-state index contributed by atoms with van der Waals surface area (Å²) in [5.74, 6) is 0.447. The highest BCUT2D eigenvalue weighted by atomic mass is 35.5. The number of carboxylic acid groups (broad SMARTS) is 1. The summed E-state index contributed by atoms with van der Waals surface area (Å²) >= 11 is 8.09. The van der Waals surface area contributed by atoms with Crippen LogP contribution in [0.3, 0.4) is 0 Å². The Labute approximate surface area is 217 Å². The molecule has 0 unspecified atom stereocenters. The molecule has 7 nitrogen and oxygen atoms in total. The molecule has 9 heteroatoms. The third kappa shape index (κ3) is 4.49. The number of thiazole rings is 1. The van der Waals surface area contributed by atoms with Gasteiger partial charge in [-0.05, 0) is 62.4 Å². The van der Waals surface area contributed by atoms with E-state index < -0.39 is 5.97 Å². The van der Waals surface area contributed by atoms with E-state index in [9.17, 15) is 9.90 Å². The molecular formula is C27H26ClN3O4S. The molecule has 2 aliphatic rings. The number of carbonyl (C=O) groups is 1. The van der Waals surface area contributed by atoms with Crippen molar-refractivity contribution in [1.82, 2.24) is 10.1 Å². The Morgan fingerprint density at radius 2 is 2.03 bits per heavy atom. The first kappa shape index (κ1) is 23.5. The van der Waals surface area contributed by atoms with Crippen LogP contribution in [-0.2, 0) is 11.3 Å². The summed E-state index contributed by atoms with van der Waals surface area (Å²) < 4.78 is 13.1. The highest BCUT2D eigenvalue weighted by Crippen LogP contribution is 2.45. The summed E-state index contributed by atoms with van der Waals surface area (Å²) in [6.07, 6.45) is 4.16. The van der Waals surface area contributed by atoms with Crippen LogP contribution in [0.2, 0.25) is 5.02 Å². The lowest BCUT2D eigenvalue weighted by atomic mass is 10.0. The van der Waals surface area contributed by atoms with Crippen molar-refractivity contribution in [3.05, 3.63) is 63.9 Å². The average Bonchev–Trinajstić information content (AvgIpc) is 3.49. The quantitative estimate of drug-likeness (QED) is 0.289. The minimum atomic E-state index is -0.921. The summed E-state index contributed by atoms with van der Waals surface area (Å²) in [4.78, 5) is 18.3. The van der Waals surface area contributed by atoms with Crippen LogP contribution >= 0.6 is 22.9 Å². The van der Waals surface area contributed by atoms with Gasteiger partial charge in [0.1, 0.15) is 11.5 Å². The predicted molar refractivity (Wildman–Crippen MR) is 140 cm³/mol. The van der Waals surface area contributed by atoms with Crippen LogP contribution in [0.4, 0.5) is 5.13 Å².